The van der Waals surface area contributed by atoms with Crippen LogP contribution in [0.15, 0.2) is 53.2 Å². The maximum absolute atomic E-state index is 12.7. The molecule has 3 aromatic rings. The second-order valence-corrected chi connectivity index (χ2v) is 8.51. The quantitative estimate of drug-likeness (QED) is 0.680. The molecule has 0 radical (unpaired) electrons. The van der Waals surface area contributed by atoms with E-state index in [1.54, 1.807) is 18.4 Å². The Morgan fingerprint density at radius 1 is 1.19 bits per heavy atom. The van der Waals surface area contributed by atoms with E-state index in [0.29, 0.717) is 13.1 Å². The van der Waals surface area contributed by atoms with E-state index in [4.69, 9.17) is 4.74 Å². The first kappa shape index (κ1) is 18.2. The van der Waals surface area contributed by atoms with Crippen molar-refractivity contribution in [2.75, 3.05) is 20.2 Å². The zero-order chi connectivity index (χ0) is 18.6. The Balaban J connectivity index is 1.46. The molecule has 1 aliphatic heterocycles. The average molecular weight is 399 g/mol. The Labute approximate surface area is 167 Å². The minimum absolute atomic E-state index is 0.0427. The second-order valence-electron chi connectivity index (χ2n) is 6.53. The number of nitrogens with zero attached hydrogens (tertiary/aromatic N) is 1. The van der Waals surface area contributed by atoms with Crippen molar-refractivity contribution in [3.05, 3.63) is 74.1 Å². The van der Waals surface area contributed by atoms with E-state index >= 15 is 0 Å². The van der Waals surface area contributed by atoms with Gasteiger partial charge in [-0.2, -0.15) is 0 Å². The van der Waals surface area contributed by atoms with Gasteiger partial charge >= 0.3 is 0 Å². The summed E-state index contributed by atoms with van der Waals surface area (Å²) in [6, 6.07) is 14.4. The summed E-state index contributed by atoms with van der Waals surface area (Å²) in [5.41, 5.74) is 2.34. The molecule has 2 aromatic heterocycles. The van der Waals surface area contributed by atoms with Gasteiger partial charge in [-0.15, -0.1) is 22.7 Å². The number of amides is 1. The van der Waals surface area contributed by atoms with Gasteiger partial charge in [0.1, 0.15) is 5.75 Å². The first-order chi connectivity index (χ1) is 13.3. The van der Waals surface area contributed by atoms with Crippen LogP contribution in [0, 0.1) is 0 Å². The lowest BCUT2D eigenvalue weighted by atomic mass is 9.98. The van der Waals surface area contributed by atoms with Crippen molar-refractivity contribution in [1.29, 1.82) is 0 Å². The zero-order valence-electron chi connectivity index (χ0n) is 15.2. The van der Waals surface area contributed by atoms with E-state index in [1.165, 1.54) is 15.3 Å². The van der Waals surface area contributed by atoms with E-state index in [2.05, 4.69) is 39.2 Å². The highest BCUT2D eigenvalue weighted by atomic mass is 32.1. The molecule has 0 aliphatic carbocycles. The number of carbonyl (C=O) groups excluding carboxylic acids is 1. The summed E-state index contributed by atoms with van der Waals surface area (Å²) in [5.74, 6) is 0.844. The third-order valence-corrected chi connectivity index (χ3v) is 6.81. The SMILES string of the molecule is COc1ccccc1CNC(=O)CN1CCc2sccc2C1c1cccs1. The largest absolute Gasteiger partial charge is 0.496 e. The van der Waals surface area contributed by atoms with E-state index in [1.807, 2.05) is 35.6 Å². The normalized spacial score (nSPS) is 16.7. The van der Waals surface area contributed by atoms with Crippen molar-refractivity contribution in [3.63, 3.8) is 0 Å². The zero-order valence-corrected chi connectivity index (χ0v) is 16.8. The number of nitrogens with one attached hydrogen (secondary N) is 1. The Morgan fingerprint density at radius 3 is 2.89 bits per heavy atom. The van der Waals surface area contributed by atoms with Crippen molar-refractivity contribution in [3.8, 4) is 5.75 Å². The highest BCUT2D eigenvalue weighted by molar-refractivity contribution is 7.10. The fourth-order valence-corrected chi connectivity index (χ4v) is 5.38. The number of fused-ring (bicyclic) bond motifs is 1. The molecule has 27 heavy (non-hydrogen) atoms. The molecule has 1 aliphatic rings. The summed E-state index contributed by atoms with van der Waals surface area (Å²) >= 11 is 3.58. The standard InChI is InChI=1S/C21H22N2O2S2/c1-25-17-6-3-2-5-15(17)13-22-20(24)14-23-10-8-18-16(9-12-27-18)21(23)19-7-4-11-26-19/h2-7,9,11-12,21H,8,10,13-14H2,1H3,(H,22,24). The van der Waals surface area contributed by atoms with Crippen LogP contribution in [0.4, 0.5) is 0 Å². The molecule has 1 atom stereocenters. The molecule has 4 rings (SSSR count). The second kappa shape index (κ2) is 8.25. The molecular weight excluding hydrogens is 376 g/mol. The first-order valence-electron chi connectivity index (χ1n) is 8.98. The maximum Gasteiger partial charge on any atom is 0.234 e. The predicted molar refractivity (Wildman–Crippen MR) is 111 cm³/mol. The monoisotopic (exact) mass is 398 g/mol. The van der Waals surface area contributed by atoms with Gasteiger partial charge in [0.15, 0.2) is 0 Å². The van der Waals surface area contributed by atoms with Gasteiger partial charge in [0.25, 0.3) is 0 Å². The third-order valence-electron chi connectivity index (χ3n) is 4.89. The summed E-state index contributed by atoms with van der Waals surface area (Å²) in [6.07, 6.45) is 1.01. The molecule has 4 nitrogen and oxygen atoms in total. The van der Waals surface area contributed by atoms with Crippen LogP contribution in [0.2, 0.25) is 0 Å². The van der Waals surface area contributed by atoms with Gasteiger partial charge in [-0.25, -0.2) is 0 Å². The van der Waals surface area contributed by atoms with E-state index in [9.17, 15) is 4.79 Å². The highest BCUT2D eigenvalue weighted by Gasteiger charge is 2.31. The topological polar surface area (TPSA) is 41.6 Å². The summed E-state index contributed by atoms with van der Waals surface area (Å²) in [6.45, 7) is 1.77. The van der Waals surface area contributed by atoms with Gasteiger partial charge in [0, 0.05) is 28.4 Å². The van der Waals surface area contributed by atoms with E-state index in [-0.39, 0.29) is 11.9 Å². The number of benzene rings is 1. The maximum atomic E-state index is 12.7. The van der Waals surface area contributed by atoms with Crippen LogP contribution in [0.1, 0.15) is 26.9 Å². The number of thiophene rings is 2. The molecule has 1 unspecified atom stereocenters. The molecule has 1 N–H and O–H groups in total. The molecular formula is C21H22N2O2S2. The summed E-state index contributed by atoms with van der Waals surface area (Å²) in [7, 11) is 1.65. The first-order valence-corrected chi connectivity index (χ1v) is 10.7. The number of ether oxygens (including phenoxy) is 1. The molecule has 0 bridgehead atoms. The predicted octanol–water partition coefficient (Wildman–Crippen LogP) is 4.08. The lowest BCUT2D eigenvalue weighted by Gasteiger charge is -2.34. The summed E-state index contributed by atoms with van der Waals surface area (Å²) in [4.78, 5) is 17.7. The van der Waals surface area contributed by atoms with Crippen LogP contribution >= 0.6 is 22.7 Å². The Kier molecular flexibility index (Phi) is 5.57. The third kappa shape index (κ3) is 3.93. The van der Waals surface area contributed by atoms with Crippen LogP contribution < -0.4 is 10.1 Å². The van der Waals surface area contributed by atoms with Crippen LogP contribution in [-0.4, -0.2) is 31.0 Å². The van der Waals surface area contributed by atoms with Crippen molar-refractivity contribution < 1.29 is 9.53 Å². The number of methoxy groups -OCH3 is 1. The Morgan fingerprint density at radius 2 is 2.07 bits per heavy atom. The molecule has 3 heterocycles. The minimum Gasteiger partial charge on any atom is -0.496 e. The van der Waals surface area contributed by atoms with Crippen molar-refractivity contribution >= 4 is 28.6 Å². The Bertz CT molecular complexity index is 905. The van der Waals surface area contributed by atoms with Gasteiger partial charge < -0.3 is 10.1 Å². The van der Waals surface area contributed by atoms with Crippen molar-refractivity contribution in [2.45, 2.75) is 19.0 Å². The smallest absolute Gasteiger partial charge is 0.234 e. The van der Waals surface area contributed by atoms with Gasteiger partial charge in [-0.1, -0.05) is 24.3 Å². The number of para-hydroxylation sites is 1. The van der Waals surface area contributed by atoms with Gasteiger partial charge in [-0.3, -0.25) is 9.69 Å². The molecule has 140 valence electrons. The minimum atomic E-state index is 0.0427. The molecule has 1 amide bonds. The molecule has 0 saturated heterocycles. The van der Waals surface area contributed by atoms with Gasteiger partial charge in [0.05, 0.1) is 19.7 Å². The van der Waals surface area contributed by atoms with Crippen LogP contribution in [0.5, 0.6) is 5.75 Å². The Hall–Kier alpha value is -2.15. The molecule has 1 aromatic carbocycles. The fourth-order valence-electron chi connectivity index (χ4n) is 3.60. The highest BCUT2D eigenvalue weighted by Crippen LogP contribution is 2.39. The average Bonchev–Trinajstić information content (AvgIpc) is 3.38. The van der Waals surface area contributed by atoms with E-state index < -0.39 is 0 Å². The van der Waals surface area contributed by atoms with Crippen molar-refractivity contribution in [1.82, 2.24) is 10.2 Å². The van der Waals surface area contributed by atoms with Crippen LogP contribution in [-0.2, 0) is 17.8 Å². The lowest BCUT2D eigenvalue weighted by molar-refractivity contribution is -0.122. The molecule has 0 spiro atoms. The fraction of sp³-hybridized carbons (Fsp3) is 0.286. The number of hydrogen-bond acceptors (Lipinski definition) is 5. The molecule has 0 saturated carbocycles. The number of rotatable bonds is 6. The number of carbonyl (C=O) groups is 1. The summed E-state index contributed by atoms with van der Waals surface area (Å²) in [5, 5.41) is 7.32. The van der Waals surface area contributed by atoms with Crippen LogP contribution in [0.3, 0.4) is 0 Å². The number of hydrogen-bond donors (Lipinski definition) is 1. The van der Waals surface area contributed by atoms with Gasteiger partial charge in [-0.05, 0) is 40.9 Å². The van der Waals surface area contributed by atoms with Crippen molar-refractivity contribution in [2.24, 2.45) is 0 Å². The molecule has 0 fully saturated rings. The van der Waals surface area contributed by atoms with Gasteiger partial charge in [0.2, 0.25) is 5.91 Å². The summed E-state index contributed by atoms with van der Waals surface area (Å²) < 4.78 is 5.36. The van der Waals surface area contributed by atoms with Crippen LogP contribution in [0.25, 0.3) is 0 Å². The molecule has 6 heteroatoms. The lowest BCUT2D eigenvalue weighted by Crippen LogP contribution is -2.42. The van der Waals surface area contributed by atoms with E-state index in [0.717, 1.165) is 24.3 Å².